The normalized spacial score (nSPS) is 11.3. The Morgan fingerprint density at radius 2 is 2.20 bits per heavy atom. The number of halogens is 1. The minimum absolute atomic E-state index is 0.381. The van der Waals surface area contributed by atoms with Crippen molar-refractivity contribution in [3.63, 3.8) is 0 Å². The molecule has 0 bridgehead atoms. The van der Waals surface area contributed by atoms with Crippen LogP contribution in [-0.2, 0) is 0 Å². The molecule has 0 radical (unpaired) electrons. The van der Waals surface area contributed by atoms with Gasteiger partial charge in [-0.1, -0.05) is 18.2 Å². The van der Waals surface area contributed by atoms with Crippen LogP contribution >= 0.6 is 11.6 Å². The van der Waals surface area contributed by atoms with E-state index in [0.717, 1.165) is 0 Å². The molecule has 10 heavy (non-hydrogen) atoms. The van der Waals surface area contributed by atoms with Gasteiger partial charge < -0.3 is 10.6 Å². The number of hydrogen-bond donors (Lipinski definition) is 1. The lowest BCUT2D eigenvalue weighted by Gasteiger charge is -2.09. The molecule has 0 aliphatic rings. The third kappa shape index (κ3) is 4.21. The van der Waals surface area contributed by atoms with Crippen LogP contribution < -0.4 is 5.73 Å². The van der Waals surface area contributed by atoms with Crippen LogP contribution in [0.15, 0.2) is 16.6 Å². The molecule has 58 valence electrons. The van der Waals surface area contributed by atoms with Crippen LogP contribution in [0.1, 0.15) is 0 Å². The van der Waals surface area contributed by atoms with Gasteiger partial charge >= 0.3 is 0 Å². The zero-order chi connectivity index (χ0) is 8.15. The van der Waals surface area contributed by atoms with Crippen LogP contribution in [0.3, 0.4) is 0 Å². The minimum Gasteiger partial charge on any atom is -0.370 e. The average molecular weight is 162 g/mol. The first-order chi connectivity index (χ1) is 4.54. The summed E-state index contributed by atoms with van der Waals surface area (Å²) in [5.74, 6) is 0.460. The molecule has 3 nitrogen and oxygen atoms in total. The topological polar surface area (TPSA) is 41.6 Å². The lowest BCUT2D eigenvalue weighted by molar-refractivity contribution is 0.611. The molecular weight excluding hydrogens is 150 g/mol. The molecule has 0 saturated carbocycles. The van der Waals surface area contributed by atoms with Gasteiger partial charge in [0, 0.05) is 19.1 Å². The summed E-state index contributed by atoms with van der Waals surface area (Å²) in [5, 5.41) is 0.491. The molecule has 0 saturated heterocycles. The molecule has 0 heterocycles. The second kappa shape index (κ2) is 4.17. The largest absolute Gasteiger partial charge is 0.370 e. The summed E-state index contributed by atoms with van der Waals surface area (Å²) in [4.78, 5) is 5.62. The number of hydrogen-bond acceptors (Lipinski definition) is 1. The quantitative estimate of drug-likeness (QED) is 0.477. The Morgan fingerprint density at radius 1 is 1.70 bits per heavy atom. The van der Waals surface area contributed by atoms with Gasteiger partial charge in [-0.25, -0.2) is 4.99 Å². The maximum absolute atomic E-state index is 5.45. The Morgan fingerprint density at radius 3 is 2.50 bits per heavy atom. The fourth-order valence-corrected chi connectivity index (χ4v) is 0.368. The zero-order valence-corrected chi connectivity index (χ0v) is 7.02. The molecule has 4 heteroatoms. The highest BCUT2D eigenvalue weighted by molar-refractivity contribution is 6.29. The van der Waals surface area contributed by atoms with Gasteiger partial charge in [0.05, 0.1) is 6.54 Å². The molecule has 0 aliphatic heterocycles. The first-order valence-corrected chi connectivity index (χ1v) is 3.22. The van der Waals surface area contributed by atoms with Gasteiger partial charge in [0.1, 0.15) is 0 Å². The van der Waals surface area contributed by atoms with E-state index in [2.05, 4.69) is 11.6 Å². The second-order valence-corrected chi connectivity index (χ2v) is 2.62. The molecule has 0 aromatic rings. The van der Waals surface area contributed by atoms with E-state index in [-0.39, 0.29) is 0 Å². The Hall–Kier alpha value is -0.700. The van der Waals surface area contributed by atoms with E-state index < -0.39 is 0 Å². The van der Waals surface area contributed by atoms with Crippen molar-refractivity contribution in [2.45, 2.75) is 0 Å². The molecule has 0 atom stereocenters. The molecule has 0 spiro atoms. The summed E-state index contributed by atoms with van der Waals surface area (Å²) >= 11 is 5.45. The molecule has 0 rings (SSSR count). The number of nitrogens with two attached hydrogens (primary N) is 1. The van der Waals surface area contributed by atoms with E-state index in [1.54, 1.807) is 4.90 Å². The SMILES string of the molecule is C=C(Cl)CN=C(N)N(C)C. The molecule has 0 aromatic heterocycles. The number of aliphatic imine (C=N–C) groups is 1. The molecule has 0 amide bonds. The number of rotatable bonds is 2. The summed E-state index contributed by atoms with van der Waals surface area (Å²) in [6.07, 6.45) is 0. The van der Waals surface area contributed by atoms with Crippen molar-refractivity contribution >= 4 is 17.6 Å². The van der Waals surface area contributed by atoms with E-state index in [1.807, 2.05) is 14.1 Å². The van der Waals surface area contributed by atoms with Crippen LogP contribution in [0.5, 0.6) is 0 Å². The molecule has 2 N–H and O–H groups in total. The third-order valence-corrected chi connectivity index (χ3v) is 0.990. The molecule has 0 unspecified atom stereocenters. The second-order valence-electron chi connectivity index (χ2n) is 2.09. The number of guanidine groups is 1. The summed E-state index contributed by atoms with van der Waals surface area (Å²) in [7, 11) is 3.63. The van der Waals surface area contributed by atoms with E-state index in [1.165, 1.54) is 0 Å². The van der Waals surface area contributed by atoms with Gasteiger partial charge in [0.15, 0.2) is 5.96 Å². The molecule has 0 aromatic carbocycles. The fourth-order valence-electron chi connectivity index (χ4n) is 0.308. The van der Waals surface area contributed by atoms with Gasteiger partial charge in [-0.15, -0.1) is 0 Å². The Bertz CT molecular complexity index is 151. The van der Waals surface area contributed by atoms with Gasteiger partial charge in [-0.2, -0.15) is 0 Å². The highest BCUT2D eigenvalue weighted by Gasteiger charge is 1.92. The average Bonchev–Trinajstić information content (AvgIpc) is 1.82. The van der Waals surface area contributed by atoms with Crippen LogP contribution in [-0.4, -0.2) is 31.5 Å². The third-order valence-electron chi connectivity index (χ3n) is 0.871. The lowest BCUT2D eigenvalue weighted by atomic mass is 10.6. The number of nitrogens with zero attached hydrogens (tertiary/aromatic N) is 2. The van der Waals surface area contributed by atoms with E-state index in [4.69, 9.17) is 17.3 Å². The van der Waals surface area contributed by atoms with Gasteiger partial charge in [0.2, 0.25) is 0 Å². The fraction of sp³-hybridized carbons (Fsp3) is 0.500. The van der Waals surface area contributed by atoms with Crippen LogP contribution in [0, 0.1) is 0 Å². The minimum atomic E-state index is 0.381. The monoisotopic (exact) mass is 161 g/mol. The highest BCUT2D eigenvalue weighted by atomic mass is 35.5. The summed E-state index contributed by atoms with van der Waals surface area (Å²) in [5.41, 5.74) is 5.44. The van der Waals surface area contributed by atoms with Crippen LogP contribution in [0.2, 0.25) is 0 Å². The highest BCUT2D eigenvalue weighted by Crippen LogP contribution is 1.95. The first-order valence-electron chi connectivity index (χ1n) is 2.84. The van der Waals surface area contributed by atoms with Crippen molar-refractivity contribution < 1.29 is 0 Å². The summed E-state index contributed by atoms with van der Waals surface area (Å²) < 4.78 is 0. The predicted molar refractivity (Wildman–Crippen MR) is 45.2 cm³/mol. The van der Waals surface area contributed by atoms with Crippen LogP contribution in [0.25, 0.3) is 0 Å². The Kier molecular flexibility index (Phi) is 3.88. The standard InChI is InChI=1S/C6H12ClN3/c1-5(7)4-9-6(8)10(2)3/h1,4H2,2-3H3,(H2,8,9). The summed E-state index contributed by atoms with van der Waals surface area (Å²) in [6, 6.07) is 0. The van der Waals surface area contributed by atoms with Crippen molar-refractivity contribution in [2.24, 2.45) is 10.7 Å². The molecule has 0 fully saturated rings. The summed E-state index contributed by atoms with van der Waals surface area (Å²) in [6.45, 7) is 3.85. The lowest BCUT2D eigenvalue weighted by Crippen LogP contribution is -2.30. The maximum Gasteiger partial charge on any atom is 0.191 e. The zero-order valence-electron chi connectivity index (χ0n) is 6.26. The Labute approximate surface area is 66.2 Å². The van der Waals surface area contributed by atoms with Crippen molar-refractivity contribution in [2.75, 3.05) is 20.6 Å². The van der Waals surface area contributed by atoms with Gasteiger partial charge in [0.25, 0.3) is 0 Å². The predicted octanol–water partition coefficient (Wildman–Crippen LogP) is 0.615. The first kappa shape index (κ1) is 9.30. The van der Waals surface area contributed by atoms with Crippen molar-refractivity contribution in [3.8, 4) is 0 Å². The van der Waals surface area contributed by atoms with Crippen molar-refractivity contribution in [1.82, 2.24) is 4.90 Å². The molecular formula is C6H12ClN3. The van der Waals surface area contributed by atoms with E-state index >= 15 is 0 Å². The van der Waals surface area contributed by atoms with Gasteiger partial charge in [-0.3, -0.25) is 0 Å². The van der Waals surface area contributed by atoms with Gasteiger partial charge in [-0.05, 0) is 0 Å². The van der Waals surface area contributed by atoms with Crippen LogP contribution in [0.4, 0.5) is 0 Å². The Balaban J connectivity index is 3.80. The van der Waals surface area contributed by atoms with Crippen molar-refractivity contribution in [1.29, 1.82) is 0 Å². The maximum atomic E-state index is 5.45. The smallest absolute Gasteiger partial charge is 0.191 e. The molecule has 0 aliphatic carbocycles. The van der Waals surface area contributed by atoms with E-state index in [0.29, 0.717) is 17.5 Å². The van der Waals surface area contributed by atoms with Crippen molar-refractivity contribution in [3.05, 3.63) is 11.6 Å². The van der Waals surface area contributed by atoms with E-state index in [9.17, 15) is 0 Å².